The van der Waals surface area contributed by atoms with E-state index < -0.39 is 0 Å². The van der Waals surface area contributed by atoms with Crippen LogP contribution >= 0.6 is 0 Å². The summed E-state index contributed by atoms with van der Waals surface area (Å²) in [5.41, 5.74) is 31.5. The molecule has 0 fully saturated rings. The maximum Gasteiger partial charge on any atom is 0.252 e. The van der Waals surface area contributed by atoms with E-state index in [9.17, 15) is 0 Å². The van der Waals surface area contributed by atoms with Gasteiger partial charge in [0.2, 0.25) is 0 Å². The fourth-order valence-corrected chi connectivity index (χ4v) is 15.2. The fourth-order valence-electron chi connectivity index (χ4n) is 15.2. The lowest BCUT2D eigenvalue weighted by atomic mass is 9.33. The molecular formula is C92H82BN5. The third-order valence-electron chi connectivity index (χ3n) is 20.5. The molecule has 6 heteroatoms. The van der Waals surface area contributed by atoms with Crippen molar-refractivity contribution in [2.24, 2.45) is 0 Å². The van der Waals surface area contributed by atoms with Crippen LogP contribution in [0, 0.1) is 0 Å². The fraction of sp³-hybridized carbons (Fsp3) is 0.174. The van der Waals surface area contributed by atoms with Gasteiger partial charge in [0.05, 0.1) is 28.1 Å². The maximum atomic E-state index is 5.20. The lowest BCUT2D eigenvalue weighted by Crippen LogP contribution is -2.61. The summed E-state index contributed by atoms with van der Waals surface area (Å²) in [6, 6.07) is 96.1. The van der Waals surface area contributed by atoms with Gasteiger partial charge in [-0.2, -0.15) is 0 Å². The molecule has 0 radical (unpaired) electrons. The summed E-state index contributed by atoms with van der Waals surface area (Å²) < 4.78 is 2.51. The van der Waals surface area contributed by atoms with E-state index in [-0.39, 0.29) is 28.4 Å². The minimum absolute atomic E-state index is 0.102. The van der Waals surface area contributed by atoms with Crippen LogP contribution in [0.2, 0.25) is 0 Å². The molecular weight excluding hydrogens is 1190 g/mol. The van der Waals surface area contributed by atoms with Crippen LogP contribution in [0.4, 0.5) is 34.1 Å². The Morgan fingerprint density at radius 3 is 0.898 bits per heavy atom. The van der Waals surface area contributed by atoms with E-state index in [0.29, 0.717) is 0 Å². The van der Waals surface area contributed by atoms with Gasteiger partial charge in [-0.05, 0) is 141 Å². The van der Waals surface area contributed by atoms with Crippen molar-refractivity contribution in [3.8, 4) is 72.4 Å². The summed E-state index contributed by atoms with van der Waals surface area (Å²) in [5, 5.41) is 2.40. The van der Waals surface area contributed by atoms with Crippen molar-refractivity contribution in [2.75, 3.05) is 9.80 Å². The normalized spacial score (nSPS) is 13.0. The molecule has 16 rings (SSSR count). The van der Waals surface area contributed by atoms with E-state index in [1.165, 1.54) is 71.7 Å². The Bertz CT molecular complexity index is 4920. The number of rotatable bonds is 9. The number of aromatic nitrogens is 3. The van der Waals surface area contributed by atoms with Crippen LogP contribution in [-0.4, -0.2) is 21.2 Å². The summed E-state index contributed by atoms with van der Waals surface area (Å²) in [6.45, 7) is 27.8. The smallest absolute Gasteiger partial charge is 0.252 e. The highest BCUT2D eigenvalue weighted by atomic mass is 15.2. The van der Waals surface area contributed by atoms with Gasteiger partial charge in [-0.3, -0.25) is 9.97 Å². The highest BCUT2D eigenvalue weighted by Gasteiger charge is 2.46. The van der Waals surface area contributed by atoms with Gasteiger partial charge in [-0.15, -0.1) is 0 Å². The first-order valence-electron chi connectivity index (χ1n) is 34.7. The molecule has 3 aromatic heterocycles. The monoisotopic (exact) mass is 1270 g/mol. The van der Waals surface area contributed by atoms with Crippen LogP contribution in [0.3, 0.4) is 0 Å². The number of pyridine rings is 2. The Morgan fingerprint density at radius 2 is 0.582 bits per heavy atom. The number of hydrogen-bond acceptors (Lipinski definition) is 4. The third-order valence-corrected chi connectivity index (χ3v) is 20.5. The molecule has 14 aromatic rings. The van der Waals surface area contributed by atoms with Crippen LogP contribution in [0.5, 0.6) is 0 Å². The standard InChI is InChI=1S/C92H82BN5/c1-89(2,3)67-45-65(46-68(51-67)90(4,5)6)63-41-43-82-78(49-63)93-79-50-64(66-47-69(91(7,8)9)52-70(48-66)92(10,11)12)42-44-83(79)98(88-76(61-33-21-15-22-34-61)57-95-58-77(88)62-35-23-16-24-36-62)85-54-71(96-80-39-27-25-37-72(80)73-38-26-28-40-81(73)96)53-84(86(85)93)97(82)87-74(59-29-17-13-18-30-59)55-94-56-75(87)60-31-19-14-20-32-60/h13-58H,1-12H3. The first kappa shape index (κ1) is 62.0. The van der Waals surface area contributed by atoms with Gasteiger partial charge in [-0.1, -0.05) is 301 Å². The van der Waals surface area contributed by atoms with Crippen molar-refractivity contribution in [1.82, 2.24) is 14.5 Å². The van der Waals surface area contributed by atoms with Gasteiger partial charge >= 0.3 is 0 Å². The van der Waals surface area contributed by atoms with E-state index in [2.05, 4.69) is 377 Å². The second-order valence-corrected chi connectivity index (χ2v) is 31.1. The van der Waals surface area contributed by atoms with Crippen molar-refractivity contribution in [2.45, 2.75) is 105 Å². The van der Waals surface area contributed by atoms with Crippen molar-refractivity contribution < 1.29 is 0 Å². The number of anilines is 6. The van der Waals surface area contributed by atoms with Crippen molar-refractivity contribution in [3.63, 3.8) is 0 Å². The molecule has 0 N–H and O–H groups in total. The number of nitrogens with zero attached hydrogens (tertiary/aromatic N) is 5. The SMILES string of the molecule is CC(C)(C)c1cc(-c2ccc3c(c2)B2c4cc(-c5cc(C(C)(C)C)cc(C(C)(C)C)c5)ccc4N(c4c(-c5ccccc5)cncc4-c4ccccc4)c4cc(-n5c6ccccc6c6ccccc65)cc(c42)N3c2c(-c3ccccc3)cncc2-c2ccccc2)cc(C(C)(C)C)c1. The van der Waals surface area contributed by atoms with E-state index >= 15 is 0 Å². The Balaban J connectivity index is 1.12. The van der Waals surface area contributed by atoms with E-state index in [1.807, 2.05) is 0 Å². The first-order valence-corrected chi connectivity index (χ1v) is 34.7. The predicted molar refractivity (Wildman–Crippen MR) is 418 cm³/mol. The average molecular weight is 1270 g/mol. The largest absolute Gasteiger partial charge is 0.310 e. The van der Waals surface area contributed by atoms with E-state index in [4.69, 9.17) is 9.97 Å². The summed E-state index contributed by atoms with van der Waals surface area (Å²) in [4.78, 5) is 15.7. The molecule has 478 valence electrons. The molecule has 0 atom stereocenters. The molecule has 0 saturated heterocycles. The molecule has 5 nitrogen and oxygen atoms in total. The van der Waals surface area contributed by atoms with Crippen molar-refractivity contribution >= 4 is 79.0 Å². The zero-order valence-corrected chi connectivity index (χ0v) is 58.4. The molecule has 0 spiro atoms. The number of fused-ring (bicyclic) bond motifs is 7. The van der Waals surface area contributed by atoms with Gasteiger partial charge in [0.1, 0.15) is 0 Å². The number of benzene rings is 11. The summed E-state index contributed by atoms with van der Waals surface area (Å²) in [5.74, 6) is 0. The Labute approximate surface area is 578 Å². The second kappa shape index (κ2) is 23.5. The van der Waals surface area contributed by atoms with Crippen molar-refractivity contribution in [1.29, 1.82) is 0 Å². The molecule has 0 bridgehead atoms. The summed E-state index contributed by atoms with van der Waals surface area (Å²) in [7, 11) is 0. The molecule has 98 heavy (non-hydrogen) atoms. The van der Waals surface area contributed by atoms with Crippen LogP contribution in [0.1, 0.15) is 105 Å². The lowest BCUT2D eigenvalue weighted by Gasteiger charge is -2.46. The first-order chi connectivity index (χ1) is 47.2. The highest BCUT2D eigenvalue weighted by Crippen LogP contribution is 2.54. The summed E-state index contributed by atoms with van der Waals surface area (Å²) >= 11 is 0. The zero-order chi connectivity index (χ0) is 67.6. The predicted octanol–water partition coefficient (Wildman–Crippen LogP) is 22.8. The third kappa shape index (κ3) is 10.7. The molecule has 0 saturated carbocycles. The minimum atomic E-state index is -0.297. The Kier molecular flexibility index (Phi) is 14.9. The van der Waals surface area contributed by atoms with Crippen LogP contribution in [0.15, 0.2) is 280 Å². The van der Waals surface area contributed by atoms with Crippen LogP contribution in [0.25, 0.3) is 94.3 Å². The molecule has 11 aromatic carbocycles. The van der Waals surface area contributed by atoms with Crippen LogP contribution < -0.4 is 26.2 Å². The van der Waals surface area contributed by atoms with Gasteiger partial charge in [0.15, 0.2) is 0 Å². The maximum absolute atomic E-state index is 5.20. The van der Waals surface area contributed by atoms with E-state index in [0.717, 1.165) is 95.4 Å². The number of hydrogen-bond donors (Lipinski definition) is 0. The molecule has 0 unspecified atom stereocenters. The topological polar surface area (TPSA) is 37.2 Å². The lowest BCUT2D eigenvalue weighted by molar-refractivity contribution is 0.568. The zero-order valence-electron chi connectivity index (χ0n) is 58.4. The molecule has 0 aliphatic carbocycles. The van der Waals surface area contributed by atoms with Gasteiger partial charge in [0, 0.05) is 80.6 Å². The van der Waals surface area contributed by atoms with Gasteiger partial charge < -0.3 is 14.4 Å². The average Bonchev–Trinajstić information content (AvgIpc) is 0.798. The van der Waals surface area contributed by atoms with Gasteiger partial charge in [-0.25, -0.2) is 0 Å². The molecule has 2 aliphatic rings. The number of para-hydroxylation sites is 2. The molecule has 2 aliphatic heterocycles. The summed E-state index contributed by atoms with van der Waals surface area (Å²) in [6.07, 6.45) is 8.36. The molecule has 0 amide bonds. The van der Waals surface area contributed by atoms with E-state index in [1.54, 1.807) is 0 Å². The highest BCUT2D eigenvalue weighted by molar-refractivity contribution is 7.00. The minimum Gasteiger partial charge on any atom is -0.310 e. The van der Waals surface area contributed by atoms with Gasteiger partial charge in [0.25, 0.3) is 6.71 Å². The second-order valence-electron chi connectivity index (χ2n) is 31.1. The van der Waals surface area contributed by atoms with Crippen LogP contribution in [-0.2, 0) is 21.7 Å². The van der Waals surface area contributed by atoms with Crippen molar-refractivity contribution in [3.05, 3.63) is 302 Å². The molecule has 5 heterocycles. The quantitative estimate of drug-likeness (QED) is 0.135. The Morgan fingerprint density at radius 1 is 0.276 bits per heavy atom. The Hall–Kier alpha value is -10.8.